The van der Waals surface area contributed by atoms with Crippen LogP contribution >= 0.6 is 0 Å². The summed E-state index contributed by atoms with van der Waals surface area (Å²) in [6.45, 7) is 1.83. The third kappa shape index (κ3) is 6.47. The number of hydrogen-bond donors (Lipinski definition) is 5. The lowest BCUT2D eigenvalue weighted by Crippen LogP contribution is -2.53. The Labute approximate surface area is 184 Å². The molecule has 32 heavy (non-hydrogen) atoms. The third-order valence-corrected chi connectivity index (χ3v) is 5.47. The van der Waals surface area contributed by atoms with Crippen molar-refractivity contribution in [2.45, 2.75) is 37.5 Å². The van der Waals surface area contributed by atoms with Gasteiger partial charge in [0.1, 0.15) is 5.82 Å². The van der Waals surface area contributed by atoms with Crippen LogP contribution in [0.15, 0.2) is 42.5 Å². The number of alkyl halides is 3. The van der Waals surface area contributed by atoms with Crippen LogP contribution in [0.3, 0.4) is 0 Å². The first-order valence-corrected chi connectivity index (χ1v) is 11.3. The van der Waals surface area contributed by atoms with Crippen LogP contribution in [0, 0.1) is 5.82 Å². The average Bonchev–Trinajstić information content (AvgIpc) is 2.65. The van der Waals surface area contributed by atoms with E-state index in [-0.39, 0.29) is 16.9 Å². The van der Waals surface area contributed by atoms with Gasteiger partial charge in [-0.15, -0.1) is 0 Å². The topological polar surface area (TPSA) is 116 Å². The van der Waals surface area contributed by atoms with Crippen LogP contribution in [-0.4, -0.2) is 38.1 Å². The SMILES string of the molecule is CC(C)(CC(O)(CNc1cccc(NN)c1)C(F)(F)F)c1cc(F)ccc1NS(C)(=O)=O. The molecule has 1 unspecified atom stereocenters. The molecule has 2 aromatic carbocycles. The molecule has 0 bridgehead atoms. The number of nitrogens with two attached hydrogens (primary N) is 1. The van der Waals surface area contributed by atoms with Crippen molar-refractivity contribution in [2.75, 3.05) is 28.3 Å². The maximum Gasteiger partial charge on any atom is 0.418 e. The molecule has 0 radical (unpaired) electrons. The maximum absolute atomic E-state index is 13.9. The molecule has 178 valence electrons. The van der Waals surface area contributed by atoms with Crippen LogP contribution in [0.1, 0.15) is 25.8 Å². The first-order valence-electron chi connectivity index (χ1n) is 9.44. The highest BCUT2D eigenvalue weighted by Gasteiger charge is 2.56. The van der Waals surface area contributed by atoms with E-state index < -0.39 is 46.0 Å². The van der Waals surface area contributed by atoms with Crippen molar-refractivity contribution >= 4 is 27.1 Å². The van der Waals surface area contributed by atoms with Crippen LogP contribution in [0.2, 0.25) is 0 Å². The Morgan fingerprint density at radius 2 is 1.69 bits per heavy atom. The molecule has 0 amide bonds. The van der Waals surface area contributed by atoms with E-state index in [1.165, 1.54) is 26.0 Å². The van der Waals surface area contributed by atoms with Crippen LogP contribution in [0.4, 0.5) is 34.6 Å². The molecule has 0 spiro atoms. The molecule has 0 aliphatic rings. The third-order valence-electron chi connectivity index (χ3n) is 4.88. The summed E-state index contributed by atoms with van der Waals surface area (Å²) in [5.41, 5.74) is -1.71. The fraction of sp³-hybridized carbons (Fsp3) is 0.400. The highest BCUT2D eigenvalue weighted by molar-refractivity contribution is 7.92. The number of anilines is 3. The standard InChI is InChI=1S/C20H26F4N4O3S/c1-18(2,16-9-13(21)7-8-17(16)28-32(3,30)31)11-19(29,20(22,23)24)12-26-14-5-4-6-15(10-14)27-25/h4-10,26-29H,11-12,25H2,1-3H3. The zero-order valence-corrected chi connectivity index (χ0v) is 18.5. The number of rotatable bonds is 9. The first kappa shape index (κ1) is 25.7. The summed E-state index contributed by atoms with van der Waals surface area (Å²) in [7, 11) is -3.78. The molecule has 1 atom stereocenters. The minimum absolute atomic E-state index is 0.0278. The lowest BCUT2D eigenvalue weighted by molar-refractivity contribution is -0.260. The van der Waals surface area contributed by atoms with Gasteiger partial charge in [-0.25, -0.2) is 12.8 Å². The molecule has 6 N–H and O–H groups in total. The molecular weight excluding hydrogens is 452 g/mol. The normalized spacial score (nSPS) is 14.5. The Balaban J connectivity index is 2.40. The van der Waals surface area contributed by atoms with E-state index in [4.69, 9.17) is 5.84 Å². The Hall–Kier alpha value is -2.57. The summed E-state index contributed by atoms with van der Waals surface area (Å²) in [6.07, 6.45) is -5.06. The van der Waals surface area contributed by atoms with Crippen LogP contribution in [0.5, 0.6) is 0 Å². The van der Waals surface area contributed by atoms with Gasteiger partial charge in [0.15, 0.2) is 5.60 Å². The largest absolute Gasteiger partial charge is 0.418 e. The Morgan fingerprint density at radius 3 is 2.25 bits per heavy atom. The van der Waals surface area contributed by atoms with Crippen molar-refractivity contribution in [3.05, 3.63) is 53.8 Å². The van der Waals surface area contributed by atoms with Gasteiger partial charge in [-0.1, -0.05) is 19.9 Å². The van der Waals surface area contributed by atoms with Gasteiger partial charge in [0.25, 0.3) is 0 Å². The summed E-state index contributed by atoms with van der Waals surface area (Å²) in [5.74, 6) is 4.54. The molecule has 0 aliphatic heterocycles. The van der Waals surface area contributed by atoms with E-state index in [1.807, 2.05) is 0 Å². The molecule has 2 aromatic rings. The highest BCUT2D eigenvalue weighted by Crippen LogP contribution is 2.43. The number of halogens is 4. The van der Waals surface area contributed by atoms with Crippen molar-refractivity contribution in [3.8, 4) is 0 Å². The van der Waals surface area contributed by atoms with Gasteiger partial charge >= 0.3 is 6.18 Å². The molecule has 0 aromatic heterocycles. The fourth-order valence-corrected chi connectivity index (χ4v) is 4.00. The number of nitrogens with one attached hydrogen (secondary N) is 3. The quantitative estimate of drug-likeness (QED) is 0.214. The number of hydrogen-bond acceptors (Lipinski definition) is 6. The Bertz CT molecular complexity index is 1060. The van der Waals surface area contributed by atoms with E-state index in [9.17, 15) is 31.1 Å². The van der Waals surface area contributed by atoms with Gasteiger partial charge in [-0.2, -0.15) is 13.2 Å². The summed E-state index contributed by atoms with van der Waals surface area (Å²) < 4.78 is 81.3. The van der Waals surface area contributed by atoms with Gasteiger partial charge in [0.05, 0.1) is 24.2 Å². The smallest absolute Gasteiger partial charge is 0.382 e. The van der Waals surface area contributed by atoms with E-state index in [0.29, 0.717) is 5.69 Å². The molecule has 2 rings (SSSR count). The summed E-state index contributed by atoms with van der Waals surface area (Å²) in [6, 6.07) is 9.20. The maximum atomic E-state index is 13.9. The molecule has 0 saturated carbocycles. The fourth-order valence-electron chi connectivity index (χ4n) is 3.42. The van der Waals surface area contributed by atoms with Gasteiger partial charge in [0.2, 0.25) is 10.0 Å². The lowest BCUT2D eigenvalue weighted by atomic mass is 9.74. The Kier molecular flexibility index (Phi) is 7.32. The van der Waals surface area contributed by atoms with Crippen molar-refractivity contribution in [2.24, 2.45) is 5.84 Å². The molecule has 0 aliphatic carbocycles. The summed E-state index contributed by atoms with van der Waals surface area (Å²) >= 11 is 0. The molecule has 12 heteroatoms. The van der Waals surface area contributed by atoms with Crippen molar-refractivity contribution in [3.63, 3.8) is 0 Å². The van der Waals surface area contributed by atoms with Crippen molar-refractivity contribution in [1.82, 2.24) is 0 Å². The molecule has 0 heterocycles. The first-order chi connectivity index (χ1) is 14.6. The highest BCUT2D eigenvalue weighted by atomic mass is 32.2. The minimum Gasteiger partial charge on any atom is -0.382 e. The predicted molar refractivity (Wildman–Crippen MR) is 116 cm³/mol. The van der Waals surface area contributed by atoms with Crippen LogP contribution < -0.4 is 21.3 Å². The van der Waals surface area contributed by atoms with Crippen molar-refractivity contribution < 1.29 is 31.1 Å². The number of benzene rings is 2. The van der Waals surface area contributed by atoms with Gasteiger partial charge < -0.3 is 15.8 Å². The molecule has 0 saturated heterocycles. The van der Waals surface area contributed by atoms with Gasteiger partial charge in [-0.05, 0) is 53.8 Å². The Morgan fingerprint density at radius 1 is 1.06 bits per heavy atom. The minimum atomic E-state index is -5.04. The summed E-state index contributed by atoms with van der Waals surface area (Å²) in [4.78, 5) is 0. The van der Waals surface area contributed by atoms with E-state index in [0.717, 1.165) is 24.5 Å². The molecule has 0 fully saturated rings. The average molecular weight is 479 g/mol. The number of sulfonamides is 1. The van der Waals surface area contributed by atoms with Gasteiger partial charge in [0, 0.05) is 5.69 Å². The second-order valence-electron chi connectivity index (χ2n) is 8.23. The second-order valence-corrected chi connectivity index (χ2v) is 9.98. The molecular formula is C20H26F4N4O3S. The van der Waals surface area contributed by atoms with Crippen LogP contribution in [0.25, 0.3) is 0 Å². The van der Waals surface area contributed by atoms with E-state index >= 15 is 0 Å². The lowest BCUT2D eigenvalue weighted by Gasteiger charge is -2.39. The number of aliphatic hydroxyl groups is 1. The van der Waals surface area contributed by atoms with Crippen LogP contribution in [-0.2, 0) is 15.4 Å². The zero-order chi connectivity index (χ0) is 24.4. The molecule has 7 nitrogen and oxygen atoms in total. The zero-order valence-electron chi connectivity index (χ0n) is 17.7. The monoisotopic (exact) mass is 478 g/mol. The van der Waals surface area contributed by atoms with Gasteiger partial charge in [-0.3, -0.25) is 10.6 Å². The van der Waals surface area contributed by atoms with Crippen molar-refractivity contribution in [1.29, 1.82) is 0 Å². The second kappa shape index (κ2) is 9.12. The van der Waals surface area contributed by atoms with E-state index in [2.05, 4.69) is 15.5 Å². The number of nitrogen functional groups attached to an aromatic ring is 1. The summed E-state index contributed by atoms with van der Waals surface area (Å²) in [5, 5.41) is 13.2. The predicted octanol–water partition coefficient (Wildman–Crippen LogP) is 3.56. The van der Waals surface area contributed by atoms with E-state index in [1.54, 1.807) is 12.1 Å². The number of hydrazine groups is 1.